The summed E-state index contributed by atoms with van der Waals surface area (Å²) in [5, 5.41) is 3.75. The van der Waals surface area contributed by atoms with E-state index in [1.54, 1.807) is 12.3 Å². The Hall–Kier alpha value is -1.30. The summed E-state index contributed by atoms with van der Waals surface area (Å²) >= 11 is 1.33. The van der Waals surface area contributed by atoms with E-state index in [-0.39, 0.29) is 11.7 Å². The topological polar surface area (TPSA) is 64.1 Å². The highest BCUT2D eigenvalue weighted by Crippen LogP contribution is 2.15. The van der Waals surface area contributed by atoms with Gasteiger partial charge in [0.25, 0.3) is 0 Å². The van der Waals surface area contributed by atoms with E-state index < -0.39 is 0 Å². The van der Waals surface area contributed by atoms with Crippen molar-refractivity contribution in [1.82, 2.24) is 9.97 Å². The van der Waals surface area contributed by atoms with Gasteiger partial charge in [-0.05, 0) is 13.0 Å². The summed E-state index contributed by atoms with van der Waals surface area (Å²) in [5.41, 5.74) is 0. The minimum atomic E-state index is -0.261. The van der Waals surface area contributed by atoms with Crippen molar-refractivity contribution in [2.24, 2.45) is 0 Å². The van der Waals surface area contributed by atoms with Crippen LogP contribution in [0.15, 0.2) is 17.3 Å². The van der Waals surface area contributed by atoms with Crippen molar-refractivity contribution in [1.29, 1.82) is 0 Å². The van der Waals surface area contributed by atoms with Gasteiger partial charge in [0.1, 0.15) is 5.03 Å². The molecule has 1 rings (SSSR count). The van der Waals surface area contributed by atoms with E-state index in [9.17, 15) is 4.79 Å². The van der Waals surface area contributed by atoms with Gasteiger partial charge in [-0.25, -0.2) is 9.97 Å². The number of esters is 1. The molecule has 0 saturated heterocycles. The van der Waals surface area contributed by atoms with Crippen LogP contribution < -0.4 is 5.32 Å². The molecule has 0 aliphatic carbocycles. The fourth-order valence-corrected chi connectivity index (χ4v) is 1.55. The normalized spacial score (nSPS) is 9.73. The molecule has 1 aromatic rings. The van der Waals surface area contributed by atoms with Crippen LogP contribution in [-0.2, 0) is 9.53 Å². The lowest BCUT2D eigenvalue weighted by molar-refractivity contribution is -0.137. The van der Waals surface area contributed by atoms with E-state index in [0.29, 0.717) is 5.95 Å². The number of rotatable bonds is 5. The molecule has 0 aliphatic rings. The monoisotopic (exact) mass is 227 g/mol. The molecular weight excluding hydrogens is 214 g/mol. The lowest BCUT2D eigenvalue weighted by Crippen LogP contribution is -2.05. The summed E-state index contributed by atoms with van der Waals surface area (Å²) in [4.78, 5) is 19.1. The first-order chi connectivity index (χ1) is 7.26. The quantitative estimate of drug-likeness (QED) is 0.463. The van der Waals surface area contributed by atoms with Gasteiger partial charge >= 0.3 is 5.97 Å². The Balaban J connectivity index is 2.53. The number of nitrogens with zero attached hydrogens (tertiary/aromatic N) is 2. The van der Waals surface area contributed by atoms with E-state index in [4.69, 9.17) is 0 Å². The van der Waals surface area contributed by atoms with Crippen molar-refractivity contribution in [3.05, 3.63) is 12.3 Å². The molecule has 82 valence electrons. The zero-order chi connectivity index (χ0) is 11.1. The zero-order valence-corrected chi connectivity index (χ0v) is 9.50. The lowest BCUT2D eigenvalue weighted by Gasteiger charge is -2.03. The smallest absolute Gasteiger partial charge is 0.316 e. The van der Waals surface area contributed by atoms with Crippen LogP contribution in [0, 0.1) is 0 Å². The number of hydrogen-bond acceptors (Lipinski definition) is 6. The molecule has 0 spiro atoms. The number of hydrogen-bond donors (Lipinski definition) is 1. The number of ether oxygens (including phenoxy) is 1. The van der Waals surface area contributed by atoms with Crippen molar-refractivity contribution in [3.63, 3.8) is 0 Å². The van der Waals surface area contributed by atoms with Crippen molar-refractivity contribution >= 4 is 23.7 Å². The molecule has 0 radical (unpaired) electrons. The molecule has 1 N–H and O–H groups in total. The summed E-state index contributed by atoms with van der Waals surface area (Å²) in [7, 11) is 1.37. The van der Waals surface area contributed by atoms with Crippen molar-refractivity contribution in [2.75, 3.05) is 24.7 Å². The first-order valence-corrected chi connectivity index (χ1v) is 5.51. The SMILES string of the molecule is CCNc1nccc(SCC(=O)OC)n1. The van der Waals surface area contributed by atoms with Gasteiger partial charge in [-0.3, -0.25) is 4.79 Å². The van der Waals surface area contributed by atoms with Crippen molar-refractivity contribution in [2.45, 2.75) is 11.9 Å². The number of carbonyl (C=O) groups is 1. The maximum Gasteiger partial charge on any atom is 0.316 e. The molecule has 0 atom stereocenters. The van der Waals surface area contributed by atoms with Gasteiger partial charge in [-0.15, -0.1) is 0 Å². The Kier molecular flexibility index (Phi) is 4.89. The van der Waals surface area contributed by atoms with Crippen molar-refractivity contribution < 1.29 is 9.53 Å². The molecule has 6 heteroatoms. The van der Waals surface area contributed by atoms with E-state index in [1.807, 2.05) is 6.92 Å². The van der Waals surface area contributed by atoms with Gasteiger partial charge in [0, 0.05) is 12.7 Å². The summed E-state index contributed by atoms with van der Waals surface area (Å²) < 4.78 is 4.53. The van der Waals surface area contributed by atoms with E-state index in [1.165, 1.54) is 18.9 Å². The van der Waals surface area contributed by atoms with Gasteiger partial charge in [0.15, 0.2) is 0 Å². The number of anilines is 1. The molecule has 0 fully saturated rings. The Bertz CT molecular complexity index is 333. The number of nitrogens with one attached hydrogen (secondary N) is 1. The van der Waals surface area contributed by atoms with Crippen LogP contribution >= 0.6 is 11.8 Å². The number of thioether (sulfide) groups is 1. The molecule has 0 amide bonds. The maximum absolute atomic E-state index is 10.9. The summed E-state index contributed by atoms with van der Waals surface area (Å²) in [6, 6.07) is 1.76. The average molecular weight is 227 g/mol. The highest BCUT2D eigenvalue weighted by Gasteiger charge is 2.03. The Morgan fingerprint density at radius 2 is 2.47 bits per heavy atom. The van der Waals surface area contributed by atoms with E-state index >= 15 is 0 Å². The van der Waals surface area contributed by atoms with E-state index in [0.717, 1.165) is 11.6 Å². The van der Waals surface area contributed by atoms with Crippen LogP contribution in [-0.4, -0.2) is 35.3 Å². The average Bonchev–Trinajstić information content (AvgIpc) is 2.27. The molecule has 0 aromatic carbocycles. The van der Waals surface area contributed by atoms with Gasteiger partial charge in [-0.2, -0.15) is 0 Å². The lowest BCUT2D eigenvalue weighted by atomic mass is 10.6. The summed E-state index contributed by atoms with van der Waals surface area (Å²) in [5.74, 6) is 0.579. The molecular formula is C9H13N3O2S. The summed E-state index contributed by atoms with van der Waals surface area (Å²) in [6.07, 6.45) is 1.66. The van der Waals surface area contributed by atoms with Crippen molar-refractivity contribution in [3.8, 4) is 0 Å². The second-order valence-electron chi connectivity index (χ2n) is 2.61. The number of carbonyl (C=O) groups excluding carboxylic acids is 1. The first-order valence-electron chi connectivity index (χ1n) is 4.52. The Morgan fingerprint density at radius 3 is 3.13 bits per heavy atom. The number of aromatic nitrogens is 2. The third-order valence-corrected chi connectivity index (χ3v) is 2.43. The molecule has 1 aromatic heterocycles. The molecule has 15 heavy (non-hydrogen) atoms. The molecule has 0 saturated carbocycles. The third kappa shape index (κ3) is 4.16. The molecule has 0 bridgehead atoms. The van der Waals surface area contributed by atoms with Crippen LogP contribution in [0.4, 0.5) is 5.95 Å². The highest BCUT2D eigenvalue weighted by atomic mass is 32.2. The van der Waals surface area contributed by atoms with E-state index in [2.05, 4.69) is 20.0 Å². The highest BCUT2D eigenvalue weighted by molar-refractivity contribution is 7.99. The largest absolute Gasteiger partial charge is 0.468 e. The van der Waals surface area contributed by atoms with Gasteiger partial charge in [0.2, 0.25) is 5.95 Å². The molecule has 0 aliphatic heterocycles. The zero-order valence-electron chi connectivity index (χ0n) is 8.69. The van der Waals surface area contributed by atoms with Gasteiger partial charge in [-0.1, -0.05) is 11.8 Å². The minimum Gasteiger partial charge on any atom is -0.468 e. The van der Waals surface area contributed by atoms with Gasteiger partial charge < -0.3 is 10.1 Å². The van der Waals surface area contributed by atoms with Crippen LogP contribution in [0.25, 0.3) is 0 Å². The molecule has 5 nitrogen and oxygen atoms in total. The third-order valence-electron chi connectivity index (χ3n) is 1.53. The Morgan fingerprint density at radius 1 is 1.67 bits per heavy atom. The second kappa shape index (κ2) is 6.23. The number of methoxy groups -OCH3 is 1. The fourth-order valence-electron chi connectivity index (χ4n) is 0.858. The first kappa shape index (κ1) is 11.8. The maximum atomic E-state index is 10.9. The fraction of sp³-hybridized carbons (Fsp3) is 0.444. The van der Waals surface area contributed by atoms with Crippen LogP contribution in [0.3, 0.4) is 0 Å². The molecule has 0 unspecified atom stereocenters. The van der Waals surface area contributed by atoms with Gasteiger partial charge in [0.05, 0.1) is 12.9 Å². The van der Waals surface area contributed by atoms with Crippen LogP contribution in [0.5, 0.6) is 0 Å². The van der Waals surface area contributed by atoms with Crippen LogP contribution in [0.2, 0.25) is 0 Å². The van der Waals surface area contributed by atoms with Crippen LogP contribution in [0.1, 0.15) is 6.92 Å². The standard InChI is InChI=1S/C9H13N3O2S/c1-3-10-9-11-5-4-7(12-9)15-6-8(13)14-2/h4-5H,3,6H2,1-2H3,(H,10,11,12). The minimum absolute atomic E-state index is 0.261. The molecule has 1 heterocycles. The summed E-state index contributed by atoms with van der Waals surface area (Å²) in [6.45, 7) is 2.74. The Labute approximate surface area is 92.6 Å². The predicted octanol–water partition coefficient (Wildman–Crippen LogP) is 1.17. The predicted molar refractivity (Wildman–Crippen MR) is 58.9 cm³/mol. The second-order valence-corrected chi connectivity index (χ2v) is 3.61.